The molecular weight excluding hydrogens is 212 g/mol. The molecule has 1 N–H and O–H groups in total. The molecule has 0 amide bonds. The van der Waals surface area contributed by atoms with Gasteiger partial charge >= 0.3 is 0 Å². The maximum Gasteiger partial charge on any atom is 0.213 e. The molecule has 0 fully saturated rings. The minimum atomic E-state index is 0.223. The largest absolute Gasteiger partial charge is 0.481 e. The second-order valence-corrected chi connectivity index (χ2v) is 5.35. The Morgan fingerprint density at radius 3 is 2.59 bits per heavy atom. The van der Waals surface area contributed by atoms with Gasteiger partial charge in [0.25, 0.3) is 0 Å². The number of hydrogen-bond acceptors (Lipinski definition) is 3. The van der Waals surface area contributed by atoms with Crippen molar-refractivity contribution in [2.45, 2.75) is 40.2 Å². The third-order valence-corrected chi connectivity index (χ3v) is 2.90. The van der Waals surface area contributed by atoms with Gasteiger partial charge in [0.2, 0.25) is 5.88 Å². The van der Waals surface area contributed by atoms with Gasteiger partial charge in [0.1, 0.15) is 0 Å². The normalized spacial score (nSPS) is 13.5. The summed E-state index contributed by atoms with van der Waals surface area (Å²) in [5.41, 5.74) is 1.30. The van der Waals surface area contributed by atoms with E-state index in [1.54, 1.807) is 7.11 Å². The molecule has 96 valence electrons. The summed E-state index contributed by atoms with van der Waals surface area (Å²) in [6.07, 6.45) is 0.925. The molecule has 0 bridgehead atoms. The van der Waals surface area contributed by atoms with Crippen molar-refractivity contribution in [1.29, 1.82) is 0 Å². The van der Waals surface area contributed by atoms with Crippen molar-refractivity contribution in [2.75, 3.05) is 13.7 Å². The lowest BCUT2D eigenvalue weighted by Crippen LogP contribution is -2.42. The molecular formula is C14H24N2O. The van der Waals surface area contributed by atoms with Crippen LogP contribution in [0.3, 0.4) is 0 Å². The average molecular weight is 236 g/mol. The van der Waals surface area contributed by atoms with E-state index >= 15 is 0 Å². The topological polar surface area (TPSA) is 34.1 Å². The smallest absolute Gasteiger partial charge is 0.213 e. The van der Waals surface area contributed by atoms with Crippen molar-refractivity contribution in [2.24, 2.45) is 5.41 Å². The summed E-state index contributed by atoms with van der Waals surface area (Å²) >= 11 is 0. The van der Waals surface area contributed by atoms with E-state index in [0.29, 0.717) is 11.9 Å². The van der Waals surface area contributed by atoms with Gasteiger partial charge in [0.15, 0.2) is 0 Å². The Bertz CT molecular complexity index is 344. The standard InChI is InChI=1S/C14H24N2O/c1-6-15-12(14(2,3)4)10-11-8-7-9-13(16-11)17-5/h7-9,12,15H,6,10H2,1-5H3. The fraction of sp³-hybridized carbons (Fsp3) is 0.643. The number of likely N-dealkylation sites (N-methyl/N-ethyl adjacent to an activating group) is 1. The molecule has 1 rings (SSSR count). The zero-order valence-electron chi connectivity index (χ0n) is 11.6. The molecule has 0 saturated heterocycles. The number of methoxy groups -OCH3 is 1. The van der Waals surface area contributed by atoms with Gasteiger partial charge < -0.3 is 10.1 Å². The van der Waals surface area contributed by atoms with Crippen LogP contribution in [0.15, 0.2) is 18.2 Å². The van der Waals surface area contributed by atoms with E-state index in [1.165, 1.54) is 0 Å². The van der Waals surface area contributed by atoms with Gasteiger partial charge in [-0.15, -0.1) is 0 Å². The summed E-state index contributed by atoms with van der Waals surface area (Å²) in [5, 5.41) is 3.53. The molecule has 1 heterocycles. The van der Waals surface area contributed by atoms with Crippen molar-refractivity contribution in [3.8, 4) is 5.88 Å². The van der Waals surface area contributed by atoms with Crippen LogP contribution in [0.2, 0.25) is 0 Å². The second kappa shape index (κ2) is 6.01. The number of aromatic nitrogens is 1. The third kappa shape index (κ3) is 4.35. The van der Waals surface area contributed by atoms with Crippen molar-refractivity contribution >= 4 is 0 Å². The third-order valence-electron chi connectivity index (χ3n) is 2.90. The van der Waals surface area contributed by atoms with Gasteiger partial charge in [-0.3, -0.25) is 0 Å². The molecule has 3 heteroatoms. The van der Waals surface area contributed by atoms with E-state index in [4.69, 9.17) is 4.74 Å². The predicted molar refractivity (Wildman–Crippen MR) is 71.4 cm³/mol. The molecule has 1 aromatic heterocycles. The van der Waals surface area contributed by atoms with E-state index < -0.39 is 0 Å². The van der Waals surface area contributed by atoms with Crippen LogP contribution in [0.5, 0.6) is 5.88 Å². The Balaban J connectivity index is 2.78. The number of hydrogen-bond donors (Lipinski definition) is 1. The summed E-state index contributed by atoms with van der Waals surface area (Å²) in [4.78, 5) is 4.46. The van der Waals surface area contributed by atoms with Crippen molar-refractivity contribution in [3.05, 3.63) is 23.9 Å². The van der Waals surface area contributed by atoms with E-state index in [1.807, 2.05) is 12.1 Å². The summed E-state index contributed by atoms with van der Waals surface area (Å²) in [6.45, 7) is 9.87. The molecule has 0 radical (unpaired) electrons. The molecule has 1 atom stereocenters. The molecule has 17 heavy (non-hydrogen) atoms. The van der Waals surface area contributed by atoms with Crippen LogP contribution >= 0.6 is 0 Å². The molecule has 0 saturated carbocycles. The lowest BCUT2D eigenvalue weighted by Gasteiger charge is -2.31. The van der Waals surface area contributed by atoms with E-state index in [0.717, 1.165) is 18.7 Å². The monoisotopic (exact) mass is 236 g/mol. The molecule has 0 spiro atoms. The molecule has 1 aromatic rings. The summed E-state index contributed by atoms with van der Waals surface area (Å²) in [7, 11) is 1.65. The van der Waals surface area contributed by atoms with Crippen LogP contribution in [0.4, 0.5) is 0 Å². The number of pyridine rings is 1. The minimum absolute atomic E-state index is 0.223. The highest BCUT2D eigenvalue weighted by atomic mass is 16.5. The first kappa shape index (κ1) is 14.0. The maximum atomic E-state index is 5.15. The summed E-state index contributed by atoms with van der Waals surface area (Å²) < 4.78 is 5.15. The zero-order chi connectivity index (χ0) is 12.9. The summed E-state index contributed by atoms with van der Waals surface area (Å²) in [6, 6.07) is 6.35. The number of nitrogens with zero attached hydrogens (tertiary/aromatic N) is 1. The quantitative estimate of drug-likeness (QED) is 0.853. The van der Waals surface area contributed by atoms with Crippen molar-refractivity contribution in [3.63, 3.8) is 0 Å². The van der Waals surface area contributed by atoms with Crippen LogP contribution in [-0.4, -0.2) is 24.7 Å². The van der Waals surface area contributed by atoms with Crippen LogP contribution in [0.1, 0.15) is 33.4 Å². The molecule has 0 aliphatic carbocycles. The Hall–Kier alpha value is -1.09. The Morgan fingerprint density at radius 2 is 2.06 bits per heavy atom. The highest BCUT2D eigenvalue weighted by Crippen LogP contribution is 2.22. The zero-order valence-corrected chi connectivity index (χ0v) is 11.6. The SMILES string of the molecule is CCNC(Cc1cccc(OC)n1)C(C)(C)C. The maximum absolute atomic E-state index is 5.15. The van der Waals surface area contributed by atoms with E-state index in [-0.39, 0.29) is 5.41 Å². The fourth-order valence-electron chi connectivity index (χ4n) is 1.83. The first-order chi connectivity index (χ1) is 7.97. The minimum Gasteiger partial charge on any atom is -0.481 e. The molecule has 3 nitrogen and oxygen atoms in total. The van der Waals surface area contributed by atoms with Crippen molar-refractivity contribution < 1.29 is 4.74 Å². The lowest BCUT2D eigenvalue weighted by molar-refractivity contribution is 0.268. The molecule has 1 unspecified atom stereocenters. The first-order valence-corrected chi connectivity index (χ1v) is 6.20. The van der Waals surface area contributed by atoms with Crippen LogP contribution in [0.25, 0.3) is 0 Å². The lowest BCUT2D eigenvalue weighted by atomic mass is 9.84. The second-order valence-electron chi connectivity index (χ2n) is 5.35. The van der Waals surface area contributed by atoms with Crippen LogP contribution < -0.4 is 10.1 Å². The van der Waals surface area contributed by atoms with E-state index in [2.05, 4.69) is 44.1 Å². The number of nitrogens with one attached hydrogen (secondary N) is 1. The Labute approximate surface area is 105 Å². The fourth-order valence-corrected chi connectivity index (χ4v) is 1.83. The average Bonchev–Trinajstić information content (AvgIpc) is 2.27. The number of rotatable bonds is 5. The first-order valence-electron chi connectivity index (χ1n) is 6.20. The van der Waals surface area contributed by atoms with Gasteiger partial charge in [-0.1, -0.05) is 33.8 Å². The van der Waals surface area contributed by atoms with Gasteiger partial charge in [0.05, 0.1) is 7.11 Å². The molecule has 0 aromatic carbocycles. The van der Waals surface area contributed by atoms with Gasteiger partial charge in [-0.25, -0.2) is 4.98 Å². The predicted octanol–water partition coefficient (Wildman–Crippen LogP) is 2.66. The van der Waals surface area contributed by atoms with E-state index in [9.17, 15) is 0 Å². The van der Waals surface area contributed by atoms with Gasteiger partial charge in [-0.05, 0) is 18.0 Å². The van der Waals surface area contributed by atoms with Crippen LogP contribution in [0, 0.1) is 5.41 Å². The summed E-state index contributed by atoms with van der Waals surface area (Å²) in [5.74, 6) is 0.687. The highest BCUT2D eigenvalue weighted by molar-refractivity contribution is 5.16. The van der Waals surface area contributed by atoms with Crippen molar-refractivity contribution in [1.82, 2.24) is 10.3 Å². The number of ether oxygens (including phenoxy) is 1. The molecule has 0 aliphatic rings. The van der Waals surface area contributed by atoms with Crippen LogP contribution in [-0.2, 0) is 6.42 Å². The Kier molecular flexibility index (Phi) is 4.94. The Morgan fingerprint density at radius 1 is 1.35 bits per heavy atom. The highest BCUT2D eigenvalue weighted by Gasteiger charge is 2.24. The van der Waals surface area contributed by atoms with Gasteiger partial charge in [0, 0.05) is 24.2 Å². The van der Waals surface area contributed by atoms with Gasteiger partial charge in [-0.2, -0.15) is 0 Å². The molecule has 0 aliphatic heterocycles.